The molecule has 1 N–H and O–H groups in total. The summed E-state index contributed by atoms with van der Waals surface area (Å²) in [4.78, 5) is 23.4. The van der Waals surface area contributed by atoms with Crippen molar-refractivity contribution >= 4 is 29.2 Å². The Morgan fingerprint density at radius 2 is 1.87 bits per heavy atom. The van der Waals surface area contributed by atoms with Crippen LogP contribution in [0.5, 0.6) is 0 Å². The van der Waals surface area contributed by atoms with Crippen LogP contribution in [0.3, 0.4) is 0 Å². The lowest BCUT2D eigenvalue weighted by Gasteiger charge is -2.09. The number of nitrogens with one attached hydrogen (secondary N) is 1. The lowest BCUT2D eigenvalue weighted by Crippen LogP contribution is -2.17. The molecule has 2 aromatic rings. The largest absolute Gasteiger partial charge is 0.465 e. The number of rotatable bonds is 4. The summed E-state index contributed by atoms with van der Waals surface area (Å²) in [5.74, 6) is -3.59. The zero-order chi connectivity index (χ0) is 17.0. The number of anilines is 1. The van der Waals surface area contributed by atoms with Crippen LogP contribution in [-0.4, -0.2) is 19.0 Å². The highest BCUT2D eigenvalue weighted by atomic mass is 35.5. The first-order valence-electron chi connectivity index (χ1n) is 6.53. The topological polar surface area (TPSA) is 55.4 Å². The predicted octanol–water partition coefficient (Wildman–Crippen LogP) is 3.59. The number of ether oxygens (including phenoxy) is 1. The second kappa shape index (κ2) is 7.19. The first-order chi connectivity index (χ1) is 10.9. The number of amides is 1. The molecule has 0 atom stereocenters. The first kappa shape index (κ1) is 16.9. The third-order valence-electron chi connectivity index (χ3n) is 3.04. The Labute approximate surface area is 136 Å². The van der Waals surface area contributed by atoms with Crippen LogP contribution in [0.2, 0.25) is 5.02 Å². The van der Waals surface area contributed by atoms with Crippen LogP contribution in [0.25, 0.3) is 0 Å². The predicted molar refractivity (Wildman–Crippen MR) is 81.5 cm³/mol. The van der Waals surface area contributed by atoms with Crippen molar-refractivity contribution in [3.8, 4) is 0 Å². The minimum atomic E-state index is -1.07. The van der Waals surface area contributed by atoms with E-state index in [1.165, 1.54) is 0 Å². The summed E-state index contributed by atoms with van der Waals surface area (Å²) in [5, 5.41) is 2.69. The van der Waals surface area contributed by atoms with Crippen molar-refractivity contribution in [3.05, 3.63) is 64.2 Å². The van der Waals surface area contributed by atoms with Crippen molar-refractivity contribution in [3.63, 3.8) is 0 Å². The fraction of sp³-hybridized carbons (Fsp3) is 0.125. The minimum Gasteiger partial charge on any atom is -0.465 e. The number of carbonyl (C=O) groups excluding carboxylic acids is 2. The molecule has 0 unspecified atom stereocenters. The van der Waals surface area contributed by atoms with Crippen LogP contribution in [-0.2, 0) is 16.0 Å². The van der Waals surface area contributed by atoms with Gasteiger partial charge in [0, 0.05) is 11.1 Å². The molecule has 0 aromatic heterocycles. The zero-order valence-electron chi connectivity index (χ0n) is 12.0. The Bertz CT molecular complexity index is 765. The lowest BCUT2D eigenvalue weighted by molar-refractivity contribution is -0.115. The summed E-state index contributed by atoms with van der Waals surface area (Å²) in [6.45, 7) is 0. The standard InChI is InChI=1S/C16H12ClF2NO3/c1-23-16(22)10-7-14(13(19)8-12(10)18)20-15(21)6-9-4-2-3-5-11(9)17/h2-5,7-8H,6H2,1H3,(H,20,21). The van der Waals surface area contributed by atoms with Crippen LogP contribution >= 0.6 is 11.6 Å². The van der Waals surface area contributed by atoms with Crippen LogP contribution in [0.15, 0.2) is 36.4 Å². The van der Waals surface area contributed by atoms with E-state index in [-0.39, 0.29) is 12.1 Å². The van der Waals surface area contributed by atoms with Crippen LogP contribution < -0.4 is 5.32 Å². The maximum atomic E-state index is 13.7. The SMILES string of the molecule is COC(=O)c1cc(NC(=O)Cc2ccccc2Cl)c(F)cc1F. The van der Waals surface area contributed by atoms with Gasteiger partial charge >= 0.3 is 5.97 Å². The number of benzene rings is 2. The van der Waals surface area contributed by atoms with Crippen LogP contribution in [0, 0.1) is 11.6 Å². The molecule has 0 saturated heterocycles. The first-order valence-corrected chi connectivity index (χ1v) is 6.90. The van der Waals surface area contributed by atoms with E-state index < -0.39 is 29.1 Å². The van der Waals surface area contributed by atoms with Crippen LogP contribution in [0.4, 0.5) is 14.5 Å². The summed E-state index contributed by atoms with van der Waals surface area (Å²) < 4.78 is 31.7. The van der Waals surface area contributed by atoms with Gasteiger partial charge in [-0.3, -0.25) is 4.79 Å². The average molecular weight is 340 g/mol. The molecule has 2 aromatic carbocycles. The molecule has 0 heterocycles. The molecular formula is C16H12ClF2NO3. The number of hydrogen-bond donors (Lipinski definition) is 1. The van der Waals surface area contributed by atoms with E-state index in [0.717, 1.165) is 13.2 Å². The van der Waals surface area contributed by atoms with E-state index >= 15 is 0 Å². The summed E-state index contributed by atoms with van der Waals surface area (Å²) >= 11 is 5.94. The quantitative estimate of drug-likeness (QED) is 0.866. The summed E-state index contributed by atoms with van der Waals surface area (Å²) in [6, 6.07) is 8.10. The molecule has 0 radical (unpaired) electrons. The molecule has 0 aliphatic rings. The third kappa shape index (κ3) is 4.04. The molecule has 2 rings (SSSR count). The highest BCUT2D eigenvalue weighted by Crippen LogP contribution is 2.21. The Morgan fingerprint density at radius 1 is 1.17 bits per heavy atom. The van der Waals surface area contributed by atoms with Crippen molar-refractivity contribution in [1.82, 2.24) is 0 Å². The van der Waals surface area contributed by atoms with Crippen LogP contribution in [0.1, 0.15) is 15.9 Å². The fourth-order valence-electron chi connectivity index (χ4n) is 1.92. The van der Waals surface area contributed by atoms with Crippen molar-refractivity contribution in [2.24, 2.45) is 0 Å². The highest BCUT2D eigenvalue weighted by Gasteiger charge is 2.18. The molecule has 0 aliphatic carbocycles. The maximum absolute atomic E-state index is 13.7. The molecule has 7 heteroatoms. The Morgan fingerprint density at radius 3 is 2.52 bits per heavy atom. The molecule has 1 amide bonds. The molecule has 0 saturated carbocycles. The normalized spacial score (nSPS) is 10.3. The van der Waals surface area contributed by atoms with Crippen molar-refractivity contribution in [2.75, 3.05) is 12.4 Å². The Hall–Kier alpha value is -2.47. The van der Waals surface area contributed by atoms with E-state index in [1.807, 2.05) is 0 Å². The number of methoxy groups -OCH3 is 1. The van der Waals surface area contributed by atoms with Gasteiger partial charge < -0.3 is 10.1 Å². The van der Waals surface area contributed by atoms with Gasteiger partial charge in [0.05, 0.1) is 24.8 Å². The zero-order valence-corrected chi connectivity index (χ0v) is 12.8. The molecule has 4 nitrogen and oxygen atoms in total. The molecule has 0 spiro atoms. The van der Waals surface area contributed by atoms with Gasteiger partial charge in [-0.15, -0.1) is 0 Å². The molecule has 0 fully saturated rings. The van der Waals surface area contributed by atoms with Gasteiger partial charge in [-0.05, 0) is 17.7 Å². The number of esters is 1. The molecule has 23 heavy (non-hydrogen) atoms. The molecule has 0 bridgehead atoms. The van der Waals surface area contributed by atoms with Gasteiger partial charge in [0.15, 0.2) is 0 Å². The van der Waals surface area contributed by atoms with Gasteiger partial charge in [-0.25, -0.2) is 13.6 Å². The Balaban J connectivity index is 2.21. The van der Waals surface area contributed by atoms with Gasteiger partial charge in [0.25, 0.3) is 0 Å². The number of carbonyl (C=O) groups is 2. The van der Waals surface area contributed by atoms with E-state index in [4.69, 9.17) is 11.6 Å². The smallest absolute Gasteiger partial charge is 0.340 e. The van der Waals surface area contributed by atoms with Crippen molar-refractivity contribution in [2.45, 2.75) is 6.42 Å². The van der Waals surface area contributed by atoms with E-state index in [0.29, 0.717) is 16.7 Å². The van der Waals surface area contributed by atoms with E-state index in [2.05, 4.69) is 10.1 Å². The number of hydrogen-bond acceptors (Lipinski definition) is 3. The average Bonchev–Trinajstić information content (AvgIpc) is 2.51. The third-order valence-corrected chi connectivity index (χ3v) is 3.41. The lowest BCUT2D eigenvalue weighted by atomic mass is 10.1. The number of halogens is 3. The monoisotopic (exact) mass is 339 g/mol. The molecular weight excluding hydrogens is 328 g/mol. The fourth-order valence-corrected chi connectivity index (χ4v) is 2.12. The van der Waals surface area contributed by atoms with E-state index in [1.54, 1.807) is 24.3 Å². The van der Waals surface area contributed by atoms with Crippen molar-refractivity contribution in [1.29, 1.82) is 0 Å². The second-order valence-electron chi connectivity index (χ2n) is 4.62. The van der Waals surface area contributed by atoms with Gasteiger partial charge in [0.1, 0.15) is 11.6 Å². The van der Waals surface area contributed by atoms with E-state index in [9.17, 15) is 18.4 Å². The highest BCUT2D eigenvalue weighted by molar-refractivity contribution is 6.31. The maximum Gasteiger partial charge on any atom is 0.340 e. The summed E-state index contributed by atoms with van der Waals surface area (Å²) in [5.41, 5.74) is -0.229. The van der Waals surface area contributed by atoms with Crippen molar-refractivity contribution < 1.29 is 23.1 Å². The van der Waals surface area contributed by atoms with Gasteiger partial charge in [-0.2, -0.15) is 0 Å². The summed E-state index contributed by atoms with van der Waals surface area (Å²) in [6.07, 6.45) is -0.0932. The summed E-state index contributed by atoms with van der Waals surface area (Å²) in [7, 11) is 1.07. The van der Waals surface area contributed by atoms with Gasteiger partial charge in [-0.1, -0.05) is 29.8 Å². The second-order valence-corrected chi connectivity index (χ2v) is 5.03. The van der Waals surface area contributed by atoms with Gasteiger partial charge in [0.2, 0.25) is 5.91 Å². The minimum absolute atomic E-state index is 0.0932. The molecule has 120 valence electrons. The Kier molecular flexibility index (Phi) is 5.28. The molecule has 0 aliphatic heterocycles.